The van der Waals surface area contributed by atoms with Gasteiger partial charge in [-0.05, 0) is 50.3 Å². The first kappa shape index (κ1) is 17.8. The molecule has 3 aliphatic heterocycles. The molecule has 1 saturated carbocycles. The number of carbonyl (C=O) groups is 1. The molecule has 0 aromatic carbocycles. The second-order valence-electron chi connectivity index (χ2n) is 8.57. The van der Waals surface area contributed by atoms with E-state index in [4.69, 9.17) is 0 Å². The van der Waals surface area contributed by atoms with Crippen LogP contribution in [0.3, 0.4) is 0 Å². The van der Waals surface area contributed by atoms with Crippen LogP contribution in [0.15, 0.2) is 30.6 Å². The number of nitrogens with zero attached hydrogens (tertiary/aromatic N) is 5. The minimum Gasteiger partial charge on any atom is -0.353 e. The monoisotopic (exact) mass is 380 g/mol. The third-order valence-electron chi connectivity index (χ3n) is 6.78. The standard InChI is InChI=1S/C21H28N6O/c28-21(23-16-5-1-2-6-16)18-13-26-10-8-15(18)11-17(26)12-27-14-20(24-25-27)19-7-3-4-9-22-19/h3-4,7,9,14-18H,1-2,5-6,8,10-13H2,(H,23,28)/t15-,17-,18+/m1/s1. The summed E-state index contributed by atoms with van der Waals surface area (Å²) >= 11 is 0. The minimum absolute atomic E-state index is 0.158. The average Bonchev–Trinajstić information content (AvgIpc) is 3.41. The maximum Gasteiger partial charge on any atom is 0.224 e. The molecule has 0 spiro atoms. The maximum atomic E-state index is 12.8. The Morgan fingerprint density at radius 2 is 2.07 bits per heavy atom. The Morgan fingerprint density at radius 3 is 2.82 bits per heavy atom. The zero-order chi connectivity index (χ0) is 18.9. The van der Waals surface area contributed by atoms with E-state index in [1.165, 1.54) is 12.8 Å². The Hall–Kier alpha value is -2.28. The van der Waals surface area contributed by atoms with Gasteiger partial charge in [0, 0.05) is 24.8 Å². The van der Waals surface area contributed by atoms with Gasteiger partial charge in [0.2, 0.25) is 5.91 Å². The topological polar surface area (TPSA) is 75.9 Å². The summed E-state index contributed by atoms with van der Waals surface area (Å²) in [5, 5.41) is 11.9. The van der Waals surface area contributed by atoms with E-state index in [9.17, 15) is 4.79 Å². The van der Waals surface area contributed by atoms with E-state index < -0.39 is 0 Å². The SMILES string of the molecule is O=C(NC1CCCC1)[C@H]1CN2CC[C@@H]1C[C@@H]2Cn1cc(-c2ccccn2)nn1. The molecule has 28 heavy (non-hydrogen) atoms. The van der Waals surface area contributed by atoms with Gasteiger partial charge in [-0.1, -0.05) is 24.1 Å². The van der Waals surface area contributed by atoms with Gasteiger partial charge in [0.25, 0.3) is 0 Å². The summed E-state index contributed by atoms with van der Waals surface area (Å²) in [6.07, 6.45) is 10.8. The molecule has 2 aromatic rings. The molecule has 3 saturated heterocycles. The Morgan fingerprint density at radius 1 is 1.18 bits per heavy atom. The fraction of sp³-hybridized carbons (Fsp3) is 0.619. The van der Waals surface area contributed by atoms with Crippen molar-refractivity contribution in [2.75, 3.05) is 13.1 Å². The van der Waals surface area contributed by atoms with Crippen LogP contribution in [0.5, 0.6) is 0 Å². The minimum atomic E-state index is 0.158. The van der Waals surface area contributed by atoms with Crippen molar-refractivity contribution in [1.29, 1.82) is 0 Å². The second kappa shape index (κ2) is 7.62. The van der Waals surface area contributed by atoms with Crippen molar-refractivity contribution in [3.63, 3.8) is 0 Å². The molecular formula is C21H28N6O. The number of fused-ring (bicyclic) bond motifs is 3. The molecule has 1 N–H and O–H groups in total. The summed E-state index contributed by atoms with van der Waals surface area (Å²) in [7, 11) is 0. The molecule has 2 aromatic heterocycles. The molecule has 148 valence electrons. The highest BCUT2D eigenvalue weighted by atomic mass is 16.2. The van der Waals surface area contributed by atoms with E-state index in [0.29, 0.717) is 23.9 Å². The van der Waals surface area contributed by atoms with Crippen LogP contribution in [-0.4, -0.2) is 56.0 Å². The number of carbonyl (C=O) groups excluding carboxylic acids is 1. The van der Waals surface area contributed by atoms with Gasteiger partial charge in [0.1, 0.15) is 5.69 Å². The molecule has 4 atom stereocenters. The second-order valence-corrected chi connectivity index (χ2v) is 8.57. The first-order valence-electron chi connectivity index (χ1n) is 10.6. The van der Waals surface area contributed by atoms with Gasteiger partial charge >= 0.3 is 0 Å². The highest BCUT2D eigenvalue weighted by Gasteiger charge is 2.43. The summed E-state index contributed by atoms with van der Waals surface area (Å²) < 4.78 is 1.93. The largest absolute Gasteiger partial charge is 0.353 e. The Labute approximate surface area is 165 Å². The van der Waals surface area contributed by atoms with Gasteiger partial charge in [0.15, 0.2) is 0 Å². The van der Waals surface area contributed by atoms with Crippen molar-refractivity contribution in [3.8, 4) is 11.4 Å². The van der Waals surface area contributed by atoms with Gasteiger partial charge in [0.05, 0.1) is 24.4 Å². The Kier molecular flexibility index (Phi) is 4.84. The molecule has 7 heteroatoms. The normalized spacial score (nSPS) is 29.9. The van der Waals surface area contributed by atoms with Crippen molar-refractivity contribution < 1.29 is 4.79 Å². The summed E-state index contributed by atoms with van der Waals surface area (Å²) in [4.78, 5) is 19.6. The van der Waals surface area contributed by atoms with E-state index in [1.807, 2.05) is 29.1 Å². The Balaban J connectivity index is 1.21. The summed E-state index contributed by atoms with van der Waals surface area (Å²) in [6, 6.07) is 6.67. The predicted molar refractivity (Wildman–Crippen MR) is 105 cm³/mol. The molecule has 1 unspecified atom stereocenters. The van der Waals surface area contributed by atoms with Crippen molar-refractivity contribution in [2.45, 2.75) is 57.2 Å². The molecule has 6 rings (SSSR count). The molecule has 4 aliphatic rings. The number of hydrogen-bond donors (Lipinski definition) is 1. The quantitative estimate of drug-likeness (QED) is 0.860. The molecule has 4 fully saturated rings. The smallest absolute Gasteiger partial charge is 0.224 e. The molecule has 5 heterocycles. The molecule has 2 bridgehead atoms. The third-order valence-corrected chi connectivity index (χ3v) is 6.78. The van der Waals surface area contributed by atoms with E-state index >= 15 is 0 Å². The molecule has 1 aliphatic carbocycles. The lowest BCUT2D eigenvalue weighted by atomic mass is 9.75. The summed E-state index contributed by atoms with van der Waals surface area (Å²) in [5.41, 5.74) is 1.66. The Bertz CT molecular complexity index is 815. The van der Waals surface area contributed by atoms with Crippen LogP contribution >= 0.6 is 0 Å². The van der Waals surface area contributed by atoms with Crippen molar-refractivity contribution in [1.82, 2.24) is 30.2 Å². The lowest BCUT2D eigenvalue weighted by Crippen LogP contribution is -2.58. The van der Waals surface area contributed by atoms with E-state index in [-0.39, 0.29) is 5.92 Å². The van der Waals surface area contributed by atoms with Crippen LogP contribution in [0, 0.1) is 11.8 Å². The first-order chi connectivity index (χ1) is 13.8. The predicted octanol–water partition coefficient (Wildman–Crippen LogP) is 2.11. The van der Waals surface area contributed by atoms with Gasteiger partial charge < -0.3 is 5.32 Å². The number of aromatic nitrogens is 4. The summed E-state index contributed by atoms with van der Waals surface area (Å²) in [6.45, 7) is 2.80. The van der Waals surface area contributed by atoms with Crippen molar-refractivity contribution in [3.05, 3.63) is 30.6 Å². The highest BCUT2D eigenvalue weighted by Crippen LogP contribution is 2.37. The summed E-state index contributed by atoms with van der Waals surface area (Å²) in [5.74, 6) is 0.943. The number of nitrogens with one attached hydrogen (secondary N) is 1. The van der Waals surface area contributed by atoms with Gasteiger partial charge in [-0.3, -0.25) is 19.4 Å². The lowest BCUT2D eigenvalue weighted by Gasteiger charge is -2.49. The van der Waals surface area contributed by atoms with Crippen LogP contribution in [0.25, 0.3) is 11.4 Å². The number of piperidine rings is 3. The van der Waals surface area contributed by atoms with Crippen LogP contribution in [0.4, 0.5) is 0 Å². The zero-order valence-corrected chi connectivity index (χ0v) is 16.2. The molecule has 7 nitrogen and oxygen atoms in total. The zero-order valence-electron chi connectivity index (χ0n) is 16.2. The van der Waals surface area contributed by atoms with Crippen molar-refractivity contribution in [2.24, 2.45) is 11.8 Å². The lowest BCUT2D eigenvalue weighted by molar-refractivity contribution is -0.133. The fourth-order valence-electron chi connectivity index (χ4n) is 5.24. The van der Waals surface area contributed by atoms with E-state index in [2.05, 4.69) is 25.5 Å². The van der Waals surface area contributed by atoms with Crippen LogP contribution in [-0.2, 0) is 11.3 Å². The van der Waals surface area contributed by atoms with Crippen LogP contribution in [0.1, 0.15) is 38.5 Å². The average molecular weight is 380 g/mol. The van der Waals surface area contributed by atoms with Crippen LogP contribution in [0.2, 0.25) is 0 Å². The van der Waals surface area contributed by atoms with Gasteiger partial charge in [-0.2, -0.15) is 0 Å². The maximum absolute atomic E-state index is 12.8. The first-order valence-corrected chi connectivity index (χ1v) is 10.6. The van der Waals surface area contributed by atoms with Gasteiger partial charge in [-0.25, -0.2) is 0 Å². The molecule has 0 radical (unpaired) electrons. The third kappa shape index (κ3) is 3.55. The van der Waals surface area contributed by atoms with E-state index in [1.54, 1.807) is 6.20 Å². The van der Waals surface area contributed by atoms with Crippen molar-refractivity contribution >= 4 is 5.91 Å². The number of rotatable bonds is 5. The molecular weight excluding hydrogens is 352 g/mol. The van der Waals surface area contributed by atoms with Gasteiger partial charge in [-0.15, -0.1) is 5.10 Å². The van der Waals surface area contributed by atoms with E-state index in [0.717, 1.165) is 56.7 Å². The molecule has 1 amide bonds. The van der Waals surface area contributed by atoms with Crippen LogP contribution < -0.4 is 5.32 Å². The number of hydrogen-bond acceptors (Lipinski definition) is 5. The fourth-order valence-corrected chi connectivity index (χ4v) is 5.24. The highest BCUT2D eigenvalue weighted by molar-refractivity contribution is 5.79. The number of amides is 1. The number of pyridine rings is 1.